The molecule has 2 aliphatic heterocycles. The van der Waals surface area contributed by atoms with Crippen LogP contribution in [0.3, 0.4) is 0 Å². The minimum atomic E-state index is -0.0108. The molecule has 2 aromatic rings. The zero-order chi connectivity index (χ0) is 19.3. The standard InChI is InChI=1S/C21H24ClN3O3/c22-17-2-1-3-18(15-17)24-8-10-25(11-9-24)21(26)23-7-6-16-4-5-19-20(14-16)28-13-12-27-19/h1-5,14-15H,6-13H2,(H,23,26). The Morgan fingerprint density at radius 3 is 2.57 bits per heavy atom. The Bertz CT molecular complexity index is 837. The van der Waals surface area contributed by atoms with Gasteiger partial charge in [0.05, 0.1) is 0 Å². The highest BCUT2D eigenvalue weighted by Crippen LogP contribution is 2.30. The van der Waals surface area contributed by atoms with E-state index in [1.54, 1.807) is 0 Å². The summed E-state index contributed by atoms with van der Waals surface area (Å²) >= 11 is 6.07. The van der Waals surface area contributed by atoms with Crippen LogP contribution >= 0.6 is 11.6 Å². The van der Waals surface area contributed by atoms with E-state index in [9.17, 15) is 4.79 Å². The van der Waals surface area contributed by atoms with Crippen molar-refractivity contribution >= 4 is 23.3 Å². The number of anilines is 1. The van der Waals surface area contributed by atoms with Gasteiger partial charge in [-0.25, -0.2) is 4.79 Å². The Morgan fingerprint density at radius 2 is 1.79 bits per heavy atom. The van der Waals surface area contributed by atoms with E-state index in [1.807, 2.05) is 41.3 Å². The molecule has 2 heterocycles. The average Bonchev–Trinajstić information content (AvgIpc) is 2.74. The first kappa shape index (κ1) is 18.7. The molecule has 4 rings (SSSR count). The Labute approximate surface area is 170 Å². The average molecular weight is 402 g/mol. The van der Waals surface area contributed by atoms with E-state index in [1.165, 1.54) is 0 Å². The molecule has 148 valence electrons. The van der Waals surface area contributed by atoms with E-state index in [-0.39, 0.29) is 6.03 Å². The van der Waals surface area contributed by atoms with Crippen molar-refractivity contribution in [1.29, 1.82) is 0 Å². The van der Waals surface area contributed by atoms with Gasteiger partial charge in [-0.15, -0.1) is 0 Å². The molecule has 0 bridgehead atoms. The fourth-order valence-electron chi connectivity index (χ4n) is 3.51. The number of nitrogens with one attached hydrogen (secondary N) is 1. The van der Waals surface area contributed by atoms with Crippen LogP contribution in [0.15, 0.2) is 42.5 Å². The van der Waals surface area contributed by atoms with Crippen LogP contribution in [0.5, 0.6) is 11.5 Å². The zero-order valence-electron chi connectivity index (χ0n) is 15.7. The highest BCUT2D eigenvalue weighted by Gasteiger charge is 2.21. The molecular weight excluding hydrogens is 378 g/mol. The van der Waals surface area contributed by atoms with Gasteiger partial charge in [0.15, 0.2) is 11.5 Å². The number of nitrogens with zero attached hydrogens (tertiary/aromatic N) is 2. The molecule has 0 atom stereocenters. The maximum atomic E-state index is 12.4. The first-order valence-electron chi connectivity index (χ1n) is 9.61. The van der Waals surface area contributed by atoms with E-state index in [4.69, 9.17) is 21.1 Å². The normalized spacial score (nSPS) is 16.0. The molecule has 7 heteroatoms. The number of carbonyl (C=O) groups is 1. The lowest BCUT2D eigenvalue weighted by Gasteiger charge is -2.36. The van der Waals surface area contributed by atoms with Crippen molar-refractivity contribution < 1.29 is 14.3 Å². The SMILES string of the molecule is O=C(NCCc1ccc2c(c1)OCCO2)N1CCN(c2cccc(Cl)c2)CC1. The van der Waals surface area contributed by atoms with Crippen molar-refractivity contribution in [2.24, 2.45) is 0 Å². The molecule has 1 fully saturated rings. The number of piperazine rings is 1. The van der Waals surface area contributed by atoms with Crippen LogP contribution in [0.1, 0.15) is 5.56 Å². The molecule has 2 amide bonds. The lowest BCUT2D eigenvalue weighted by atomic mass is 10.1. The second-order valence-corrected chi connectivity index (χ2v) is 7.35. The van der Waals surface area contributed by atoms with Gasteiger partial charge in [0.1, 0.15) is 13.2 Å². The van der Waals surface area contributed by atoms with Gasteiger partial charge in [-0.2, -0.15) is 0 Å². The topological polar surface area (TPSA) is 54.0 Å². The van der Waals surface area contributed by atoms with E-state index in [0.717, 1.165) is 47.3 Å². The largest absolute Gasteiger partial charge is 0.486 e. The second-order valence-electron chi connectivity index (χ2n) is 6.91. The molecule has 0 aliphatic carbocycles. The Morgan fingerprint density at radius 1 is 1.00 bits per heavy atom. The van der Waals surface area contributed by atoms with Gasteiger partial charge in [-0.3, -0.25) is 0 Å². The summed E-state index contributed by atoms with van der Waals surface area (Å²) in [4.78, 5) is 16.6. The second kappa shape index (κ2) is 8.61. The Hall–Kier alpha value is -2.60. The molecule has 0 saturated carbocycles. The summed E-state index contributed by atoms with van der Waals surface area (Å²) in [5.41, 5.74) is 2.22. The van der Waals surface area contributed by atoms with Crippen molar-refractivity contribution in [2.45, 2.75) is 6.42 Å². The predicted molar refractivity (Wildman–Crippen MR) is 110 cm³/mol. The van der Waals surface area contributed by atoms with Crippen LogP contribution in [0, 0.1) is 0 Å². The molecule has 2 aromatic carbocycles. The number of ether oxygens (including phenoxy) is 2. The molecule has 6 nitrogen and oxygen atoms in total. The van der Waals surface area contributed by atoms with Gasteiger partial charge in [-0.05, 0) is 42.3 Å². The summed E-state index contributed by atoms with van der Waals surface area (Å²) in [6.07, 6.45) is 0.755. The van der Waals surface area contributed by atoms with Gasteiger partial charge in [0, 0.05) is 43.4 Å². The van der Waals surface area contributed by atoms with Gasteiger partial charge >= 0.3 is 6.03 Å². The van der Waals surface area contributed by atoms with Crippen molar-refractivity contribution in [2.75, 3.05) is 50.8 Å². The maximum absolute atomic E-state index is 12.4. The third-order valence-electron chi connectivity index (χ3n) is 5.04. The molecule has 0 spiro atoms. The van der Waals surface area contributed by atoms with Gasteiger partial charge in [0.2, 0.25) is 0 Å². The zero-order valence-corrected chi connectivity index (χ0v) is 16.5. The minimum Gasteiger partial charge on any atom is -0.486 e. The molecule has 2 aliphatic rings. The third-order valence-corrected chi connectivity index (χ3v) is 5.27. The van der Waals surface area contributed by atoms with Crippen LogP contribution in [0.25, 0.3) is 0 Å². The number of halogens is 1. The molecule has 28 heavy (non-hydrogen) atoms. The maximum Gasteiger partial charge on any atom is 0.317 e. The number of fused-ring (bicyclic) bond motifs is 1. The summed E-state index contributed by atoms with van der Waals surface area (Å²) < 4.78 is 11.1. The van der Waals surface area contributed by atoms with Crippen LogP contribution in [-0.2, 0) is 6.42 Å². The first-order chi connectivity index (χ1) is 13.7. The monoisotopic (exact) mass is 401 g/mol. The fraction of sp³-hybridized carbons (Fsp3) is 0.381. The molecule has 0 aromatic heterocycles. The van der Waals surface area contributed by atoms with E-state index in [0.29, 0.717) is 32.8 Å². The quantitative estimate of drug-likeness (QED) is 0.854. The highest BCUT2D eigenvalue weighted by molar-refractivity contribution is 6.30. The lowest BCUT2D eigenvalue weighted by molar-refractivity contribution is 0.171. The first-order valence-corrected chi connectivity index (χ1v) is 9.99. The molecule has 1 N–H and O–H groups in total. The summed E-state index contributed by atoms with van der Waals surface area (Å²) in [6, 6.07) is 13.8. The van der Waals surface area contributed by atoms with Crippen molar-refractivity contribution in [3.8, 4) is 11.5 Å². The lowest BCUT2D eigenvalue weighted by Crippen LogP contribution is -2.52. The number of carbonyl (C=O) groups excluding carboxylic acids is 1. The summed E-state index contributed by atoms with van der Waals surface area (Å²) in [7, 11) is 0. The van der Waals surface area contributed by atoms with Crippen molar-refractivity contribution in [3.63, 3.8) is 0 Å². The van der Waals surface area contributed by atoms with Gasteiger partial charge < -0.3 is 24.6 Å². The molecule has 0 radical (unpaired) electrons. The van der Waals surface area contributed by atoms with Gasteiger partial charge in [0.25, 0.3) is 0 Å². The summed E-state index contributed by atoms with van der Waals surface area (Å²) in [5.74, 6) is 1.57. The minimum absolute atomic E-state index is 0.0108. The van der Waals surface area contributed by atoms with Gasteiger partial charge in [-0.1, -0.05) is 23.7 Å². The van der Waals surface area contributed by atoms with E-state index < -0.39 is 0 Å². The van der Waals surface area contributed by atoms with Crippen molar-refractivity contribution in [3.05, 3.63) is 53.1 Å². The predicted octanol–water partition coefficient (Wildman–Crippen LogP) is 3.19. The third kappa shape index (κ3) is 4.44. The molecular formula is C21H24ClN3O3. The van der Waals surface area contributed by atoms with Crippen LogP contribution in [0.4, 0.5) is 10.5 Å². The van der Waals surface area contributed by atoms with E-state index >= 15 is 0 Å². The van der Waals surface area contributed by atoms with Crippen LogP contribution in [0.2, 0.25) is 5.02 Å². The fourth-order valence-corrected chi connectivity index (χ4v) is 3.69. The Kier molecular flexibility index (Phi) is 5.76. The van der Waals surface area contributed by atoms with Crippen LogP contribution < -0.4 is 19.7 Å². The number of hydrogen-bond acceptors (Lipinski definition) is 4. The number of benzene rings is 2. The van der Waals surface area contributed by atoms with Crippen LogP contribution in [-0.4, -0.2) is 56.9 Å². The number of amides is 2. The van der Waals surface area contributed by atoms with E-state index in [2.05, 4.69) is 16.3 Å². The number of hydrogen-bond donors (Lipinski definition) is 1. The summed E-state index contributed by atoms with van der Waals surface area (Å²) in [5, 5.41) is 3.75. The molecule has 0 unspecified atom stereocenters. The summed E-state index contributed by atoms with van der Waals surface area (Å²) in [6.45, 7) is 4.75. The van der Waals surface area contributed by atoms with Crippen molar-refractivity contribution in [1.82, 2.24) is 10.2 Å². The smallest absolute Gasteiger partial charge is 0.317 e. The highest BCUT2D eigenvalue weighted by atomic mass is 35.5. The molecule has 1 saturated heterocycles. The Balaban J connectivity index is 1.23. The number of urea groups is 1. The number of rotatable bonds is 4.